The molecule has 0 unspecified atom stereocenters. The summed E-state index contributed by atoms with van der Waals surface area (Å²) >= 11 is 6.03. The average Bonchev–Trinajstić information content (AvgIpc) is 3.19. The Morgan fingerprint density at radius 2 is 1.08 bits per heavy atom. The van der Waals surface area contributed by atoms with Gasteiger partial charge in [-0.2, -0.15) is 5.11 Å². The predicted molar refractivity (Wildman–Crippen MR) is 213 cm³/mol. The number of nitrogens with zero attached hydrogens (tertiary/aromatic N) is 8. The summed E-state index contributed by atoms with van der Waals surface area (Å²) in [5.41, 5.74) is -3.91. The van der Waals surface area contributed by atoms with Gasteiger partial charge in [-0.1, -0.05) is 11.6 Å². The van der Waals surface area contributed by atoms with E-state index < -0.39 is 111 Å². The topological polar surface area (TPSA) is 405 Å². The van der Waals surface area contributed by atoms with Crippen LogP contribution in [-0.2, 0) is 30.4 Å². The van der Waals surface area contributed by atoms with Crippen molar-refractivity contribution in [2.24, 2.45) is 30.7 Å². The van der Waals surface area contributed by atoms with Crippen molar-refractivity contribution in [2.75, 3.05) is 5.32 Å². The number of phenols is 3. The fourth-order valence-electron chi connectivity index (χ4n) is 5.38. The minimum absolute atomic E-state index is 0. The molecule has 0 saturated carbocycles. The molecule has 0 aliphatic rings. The van der Waals surface area contributed by atoms with Crippen molar-refractivity contribution in [1.29, 1.82) is 0 Å². The molecule has 0 fully saturated rings. The van der Waals surface area contributed by atoms with Crippen LogP contribution in [0.1, 0.15) is 0 Å². The monoisotopic (exact) mass is 1010 g/mol. The second-order valence-corrected chi connectivity index (χ2v) is 16.9. The minimum atomic E-state index is -5.56. The number of aromatic hydroxyl groups is 3. The summed E-state index contributed by atoms with van der Waals surface area (Å²) in [4.78, 5) is 17.3. The molecule has 0 saturated heterocycles. The number of fused-ring (bicyclic) bond motifs is 1. The number of nitrogens with one attached hydrogen (secondary N) is 1. The first-order valence-corrected chi connectivity index (χ1v) is 21.1. The number of phenolic OH excluding ortho intramolecular Hbond substituents is 3. The Morgan fingerprint density at radius 3 is 1.62 bits per heavy atom. The van der Waals surface area contributed by atoms with E-state index in [2.05, 4.69) is 36.0 Å². The second kappa shape index (κ2) is 22.0. The van der Waals surface area contributed by atoms with E-state index in [9.17, 15) is 74.5 Å². The van der Waals surface area contributed by atoms with Crippen LogP contribution in [0, 0.1) is 20.2 Å². The Kier molecular flexibility index (Phi) is 18.6. The Hall–Kier alpha value is -4.60. The number of halogens is 1. The number of hydrogen-bond acceptors (Lipinski definition) is 23. The molecule has 0 aromatic heterocycles. The van der Waals surface area contributed by atoms with Gasteiger partial charge in [0.25, 0.3) is 11.4 Å². The van der Waals surface area contributed by atoms with Crippen LogP contribution in [0.2, 0.25) is 5.02 Å². The van der Waals surface area contributed by atoms with Gasteiger partial charge in [0.1, 0.15) is 64.6 Å². The smallest absolute Gasteiger partial charge is 0.744 e. The quantitative estimate of drug-likeness (QED) is 0.0359. The molecule has 324 valence electrons. The van der Waals surface area contributed by atoms with Gasteiger partial charge < -0.3 is 34.3 Å². The predicted octanol–water partition coefficient (Wildman–Crippen LogP) is -0.859. The average molecular weight is 1010 g/mol. The van der Waals surface area contributed by atoms with Crippen LogP contribution in [0.25, 0.3) is 10.8 Å². The standard InChI is InChI=1S/C34H22ClN9O16S3.3Na/c35-22-11-19(43(48)49)5-7-23(22)38-42-33-31(63(58,59)60)10-16-9-21(61(52,53)54)13-27(32(16)34(33)47)41-40-26-14-25(28(45)15-29(26)46)39-37-18-3-1-17(2-4-18)36-24-8-6-20(44(50)51)12-30(24)62(55,56)57;;;/h1-15,36,45-47H,(H,52,53,54)(H,55,56,57)(H,58,59,60);;;/q;3*+1/p-3. The molecule has 0 heterocycles. The Morgan fingerprint density at radius 1 is 0.545 bits per heavy atom. The van der Waals surface area contributed by atoms with Gasteiger partial charge in [-0.15, -0.1) is 25.6 Å². The molecule has 0 spiro atoms. The molecule has 6 aromatic carbocycles. The number of nitro benzene ring substituents is 2. The zero-order valence-corrected chi connectivity index (χ0v) is 42.7. The molecular formula is C34H19ClN9Na3O16S3. The van der Waals surface area contributed by atoms with Gasteiger partial charge in [-0.3, -0.25) is 20.2 Å². The summed E-state index contributed by atoms with van der Waals surface area (Å²) < 4.78 is 108. The molecule has 0 aliphatic carbocycles. The maximum absolute atomic E-state index is 12.3. The first-order chi connectivity index (χ1) is 29.4. The summed E-state index contributed by atoms with van der Waals surface area (Å²) in [6.07, 6.45) is 0. The number of benzene rings is 6. The van der Waals surface area contributed by atoms with E-state index >= 15 is 0 Å². The summed E-state index contributed by atoms with van der Waals surface area (Å²) in [5, 5.41) is 78.4. The van der Waals surface area contributed by atoms with Gasteiger partial charge in [-0.05, 0) is 60.0 Å². The number of anilines is 2. The van der Waals surface area contributed by atoms with E-state index in [4.69, 9.17) is 11.6 Å². The van der Waals surface area contributed by atoms with Gasteiger partial charge >= 0.3 is 88.7 Å². The van der Waals surface area contributed by atoms with Crippen LogP contribution in [0.4, 0.5) is 56.9 Å². The van der Waals surface area contributed by atoms with Crippen molar-refractivity contribution in [1.82, 2.24) is 0 Å². The molecule has 32 heteroatoms. The molecule has 66 heavy (non-hydrogen) atoms. The Labute approximate surface area is 441 Å². The second-order valence-electron chi connectivity index (χ2n) is 12.4. The third kappa shape index (κ3) is 13.1. The maximum Gasteiger partial charge on any atom is 1.00 e. The summed E-state index contributed by atoms with van der Waals surface area (Å²) in [6.45, 7) is 0. The van der Waals surface area contributed by atoms with Gasteiger partial charge in [0.05, 0.1) is 52.0 Å². The maximum atomic E-state index is 12.3. The molecule has 4 N–H and O–H groups in total. The largest absolute Gasteiger partial charge is 1.00 e. The normalized spacial score (nSPS) is 11.9. The van der Waals surface area contributed by atoms with E-state index in [1.807, 2.05) is 0 Å². The Bertz CT molecular complexity index is 3370. The van der Waals surface area contributed by atoms with E-state index in [0.717, 1.165) is 42.5 Å². The summed E-state index contributed by atoms with van der Waals surface area (Å²) in [6, 6.07) is 14.3. The van der Waals surface area contributed by atoms with Gasteiger partial charge in [0, 0.05) is 42.1 Å². The number of rotatable bonds is 13. The van der Waals surface area contributed by atoms with E-state index in [1.54, 1.807) is 0 Å². The third-order valence-electron chi connectivity index (χ3n) is 8.26. The van der Waals surface area contributed by atoms with Crippen molar-refractivity contribution in [3.05, 3.63) is 116 Å². The molecular weight excluding hydrogens is 991 g/mol. The molecule has 0 atom stereocenters. The number of non-ortho nitro benzene ring substituents is 2. The van der Waals surface area contributed by atoms with Crippen molar-refractivity contribution in [3.63, 3.8) is 0 Å². The first-order valence-electron chi connectivity index (χ1n) is 16.5. The molecule has 6 aromatic rings. The molecule has 25 nitrogen and oxygen atoms in total. The van der Waals surface area contributed by atoms with Crippen LogP contribution >= 0.6 is 11.6 Å². The van der Waals surface area contributed by atoms with Crippen molar-refractivity contribution in [2.45, 2.75) is 14.7 Å². The van der Waals surface area contributed by atoms with Crippen LogP contribution < -0.4 is 94.0 Å². The van der Waals surface area contributed by atoms with Crippen LogP contribution in [0.3, 0.4) is 0 Å². The van der Waals surface area contributed by atoms with Crippen LogP contribution in [0.5, 0.6) is 17.2 Å². The number of nitro groups is 2. The zero-order chi connectivity index (χ0) is 46.2. The SMILES string of the molecule is O=[N+]([O-])c1ccc(N=Nc2c(S(=O)(=O)[O-])cc3cc(S(=O)(=O)[O-])cc(N=Nc4cc(N=Nc5ccc(Nc6ccc([N+](=O)[O-])cc6S(=O)(=O)[O-])cc5)c(O)cc4O)c3c2O)c(Cl)c1.[Na+].[Na+].[Na+]. The van der Waals surface area contributed by atoms with Gasteiger partial charge in [0.15, 0.2) is 5.75 Å². The summed E-state index contributed by atoms with van der Waals surface area (Å²) in [5.74, 6) is -2.58. The first kappa shape index (κ1) is 55.7. The molecule has 0 bridgehead atoms. The Balaban J connectivity index is 0.00000385. The van der Waals surface area contributed by atoms with E-state index in [0.29, 0.717) is 24.3 Å². The minimum Gasteiger partial charge on any atom is -0.744 e. The number of azo groups is 3. The molecule has 0 amide bonds. The van der Waals surface area contributed by atoms with E-state index in [1.165, 1.54) is 24.3 Å². The van der Waals surface area contributed by atoms with Crippen LogP contribution in [0.15, 0.2) is 136 Å². The summed E-state index contributed by atoms with van der Waals surface area (Å²) in [7, 11) is -16.1. The fraction of sp³-hybridized carbons (Fsp3) is 0. The van der Waals surface area contributed by atoms with Crippen LogP contribution in [-0.4, -0.2) is 64.1 Å². The van der Waals surface area contributed by atoms with Gasteiger partial charge in [-0.25, -0.2) is 25.3 Å². The van der Waals surface area contributed by atoms with E-state index in [-0.39, 0.29) is 122 Å². The molecule has 0 radical (unpaired) electrons. The van der Waals surface area contributed by atoms with Crippen molar-refractivity contribution in [3.8, 4) is 17.2 Å². The molecule has 0 aliphatic heterocycles. The van der Waals surface area contributed by atoms with Gasteiger partial charge in [0.2, 0.25) is 0 Å². The zero-order valence-electron chi connectivity index (χ0n) is 33.5. The third-order valence-corrected chi connectivity index (χ3v) is 11.1. The fourth-order valence-corrected chi connectivity index (χ4v) is 7.42. The van der Waals surface area contributed by atoms with Crippen molar-refractivity contribution < 1.29 is 153 Å². The molecule has 6 rings (SSSR count). The number of hydrogen-bond donors (Lipinski definition) is 4. The van der Waals surface area contributed by atoms with Crippen molar-refractivity contribution >= 4 is 110 Å².